The van der Waals surface area contributed by atoms with Crippen molar-refractivity contribution in [3.63, 3.8) is 0 Å². The highest BCUT2D eigenvalue weighted by Crippen LogP contribution is 2.28. The molecule has 1 atom stereocenters. The number of alkyl halides is 1. The van der Waals surface area contributed by atoms with E-state index in [2.05, 4.69) is 28.2 Å². The molecule has 0 aromatic rings. The van der Waals surface area contributed by atoms with E-state index >= 15 is 0 Å². The largest absolute Gasteiger partial charge is 0.384 e. The lowest BCUT2D eigenvalue weighted by Crippen LogP contribution is -2.34. The van der Waals surface area contributed by atoms with E-state index < -0.39 is 0 Å². The topological polar surface area (TPSA) is 38.3 Å². The summed E-state index contributed by atoms with van der Waals surface area (Å²) in [6, 6.07) is 0. The van der Waals surface area contributed by atoms with Crippen LogP contribution in [0.2, 0.25) is 0 Å². The standard InChI is InChI=1S/C13H24BrNO2/c1-10-3-5-11(6-4-10)13(16)15-8-7-12(14)9-17-2/h10-12H,3-9H2,1-2H3,(H,15,16). The summed E-state index contributed by atoms with van der Waals surface area (Å²) in [5, 5.41) is 3.03. The van der Waals surface area contributed by atoms with Gasteiger partial charge >= 0.3 is 0 Å². The lowest BCUT2D eigenvalue weighted by atomic mass is 9.82. The molecule has 3 nitrogen and oxygen atoms in total. The number of carbonyl (C=O) groups is 1. The Kier molecular flexibility index (Phi) is 7.12. The summed E-state index contributed by atoms with van der Waals surface area (Å²) in [5.41, 5.74) is 0. The number of nitrogens with one attached hydrogen (secondary N) is 1. The molecule has 1 fully saturated rings. The van der Waals surface area contributed by atoms with E-state index in [9.17, 15) is 4.79 Å². The van der Waals surface area contributed by atoms with Crippen molar-refractivity contribution in [1.82, 2.24) is 5.32 Å². The summed E-state index contributed by atoms with van der Waals surface area (Å²) in [4.78, 5) is 12.2. The molecule has 1 aliphatic carbocycles. The van der Waals surface area contributed by atoms with Crippen LogP contribution < -0.4 is 5.32 Å². The van der Waals surface area contributed by atoms with Gasteiger partial charge < -0.3 is 10.1 Å². The second-order valence-corrected chi connectivity index (χ2v) is 6.38. The van der Waals surface area contributed by atoms with Crippen molar-refractivity contribution in [2.24, 2.45) is 11.8 Å². The molecule has 1 aliphatic rings. The fraction of sp³-hybridized carbons (Fsp3) is 0.923. The molecule has 1 rings (SSSR count). The number of hydrogen-bond donors (Lipinski definition) is 1. The Morgan fingerprint density at radius 1 is 1.41 bits per heavy atom. The first-order chi connectivity index (χ1) is 8.13. The molecule has 0 aromatic carbocycles. The highest BCUT2D eigenvalue weighted by Gasteiger charge is 2.23. The third kappa shape index (κ3) is 5.87. The van der Waals surface area contributed by atoms with Crippen LogP contribution in [-0.4, -0.2) is 31.0 Å². The van der Waals surface area contributed by atoms with Gasteiger partial charge in [-0.2, -0.15) is 0 Å². The molecule has 4 heteroatoms. The minimum absolute atomic E-state index is 0.244. The van der Waals surface area contributed by atoms with Crippen LogP contribution >= 0.6 is 15.9 Å². The zero-order valence-electron chi connectivity index (χ0n) is 10.9. The minimum atomic E-state index is 0.244. The summed E-state index contributed by atoms with van der Waals surface area (Å²) in [5.74, 6) is 1.30. The summed E-state index contributed by atoms with van der Waals surface area (Å²) >= 11 is 3.52. The molecule has 0 aromatic heterocycles. The summed E-state index contributed by atoms with van der Waals surface area (Å²) < 4.78 is 5.03. The van der Waals surface area contributed by atoms with E-state index in [1.54, 1.807) is 7.11 Å². The number of amides is 1. The lowest BCUT2D eigenvalue weighted by Gasteiger charge is -2.25. The van der Waals surface area contributed by atoms with E-state index in [0.29, 0.717) is 11.4 Å². The normalized spacial score (nSPS) is 26.5. The van der Waals surface area contributed by atoms with Gasteiger partial charge in [-0.15, -0.1) is 0 Å². The van der Waals surface area contributed by atoms with Crippen LogP contribution in [0.15, 0.2) is 0 Å². The number of rotatable bonds is 6. The summed E-state index contributed by atoms with van der Waals surface area (Å²) in [6.45, 7) is 3.70. The van der Waals surface area contributed by atoms with Crippen LogP contribution in [0.1, 0.15) is 39.0 Å². The van der Waals surface area contributed by atoms with Crippen LogP contribution in [0, 0.1) is 11.8 Å². The summed E-state index contributed by atoms with van der Waals surface area (Å²) in [6.07, 6.45) is 5.43. The molecule has 0 heterocycles. The zero-order valence-corrected chi connectivity index (χ0v) is 12.5. The van der Waals surface area contributed by atoms with Gasteiger partial charge in [-0.25, -0.2) is 0 Å². The van der Waals surface area contributed by atoms with E-state index in [1.165, 1.54) is 12.8 Å². The van der Waals surface area contributed by atoms with Gasteiger partial charge in [0.15, 0.2) is 0 Å². The first-order valence-corrected chi connectivity index (χ1v) is 7.45. The molecule has 0 spiro atoms. The zero-order chi connectivity index (χ0) is 12.7. The highest BCUT2D eigenvalue weighted by atomic mass is 79.9. The van der Waals surface area contributed by atoms with Gasteiger partial charge in [0.2, 0.25) is 5.91 Å². The SMILES string of the molecule is COCC(Br)CCNC(=O)C1CCC(C)CC1. The van der Waals surface area contributed by atoms with Crippen LogP contribution in [-0.2, 0) is 9.53 Å². The van der Waals surface area contributed by atoms with E-state index in [1.807, 2.05) is 0 Å². The molecular formula is C13H24BrNO2. The number of halogens is 1. The maximum atomic E-state index is 11.9. The Bertz CT molecular complexity index is 227. The monoisotopic (exact) mass is 305 g/mol. The van der Waals surface area contributed by atoms with Gasteiger partial charge in [-0.05, 0) is 38.0 Å². The van der Waals surface area contributed by atoms with E-state index in [-0.39, 0.29) is 11.8 Å². The molecular weight excluding hydrogens is 282 g/mol. The minimum Gasteiger partial charge on any atom is -0.384 e. The van der Waals surface area contributed by atoms with Gasteiger partial charge in [0.25, 0.3) is 0 Å². The molecule has 0 radical (unpaired) electrons. The lowest BCUT2D eigenvalue weighted by molar-refractivity contribution is -0.126. The highest BCUT2D eigenvalue weighted by molar-refractivity contribution is 9.09. The van der Waals surface area contributed by atoms with Gasteiger partial charge in [0.05, 0.1) is 6.61 Å². The molecule has 0 saturated heterocycles. The average Bonchev–Trinajstić information content (AvgIpc) is 2.30. The Balaban J connectivity index is 2.12. The van der Waals surface area contributed by atoms with Crippen molar-refractivity contribution in [2.75, 3.05) is 20.3 Å². The third-order valence-electron chi connectivity index (χ3n) is 3.49. The van der Waals surface area contributed by atoms with E-state index in [0.717, 1.165) is 31.7 Å². The smallest absolute Gasteiger partial charge is 0.223 e. The van der Waals surface area contributed by atoms with E-state index in [4.69, 9.17) is 4.74 Å². The maximum Gasteiger partial charge on any atom is 0.223 e. The molecule has 1 N–H and O–H groups in total. The number of ether oxygens (including phenoxy) is 1. The first-order valence-electron chi connectivity index (χ1n) is 6.54. The van der Waals surface area contributed by atoms with Crippen molar-refractivity contribution in [3.8, 4) is 0 Å². The average molecular weight is 306 g/mol. The second-order valence-electron chi connectivity index (χ2n) is 5.09. The van der Waals surface area contributed by atoms with Gasteiger partial charge in [-0.3, -0.25) is 4.79 Å². The maximum absolute atomic E-state index is 11.9. The molecule has 1 unspecified atom stereocenters. The van der Waals surface area contributed by atoms with Gasteiger partial charge in [-0.1, -0.05) is 22.9 Å². The molecule has 17 heavy (non-hydrogen) atoms. The van der Waals surface area contributed by atoms with Crippen LogP contribution in [0.3, 0.4) is 0 Å². The van der Waals surface area contributed by atoms with Crippen LogP contribution in [0.4, 0.5) is 0 Å². The Morgan fingerprint density at radius 3 is 2.65 bits per heavy atom. The van der Waals surface area contributed by atoms with Crippen molar-refractivity contribution in [2.45, 2.75) is 43.9 Å². The predicted molar refractivity (Wildman–Crippen MR) is 73.3 cm³/mol. The number of carbonyl (C=O) groups excluding carboxylic acids is 1. The Hall–Kier alpha value is -0.0900. The quantitative estimate of drug-likeness (QED) is 0.766. The van der Waals surface area contributed by atoms with Crippen molar-refractivity contribution in [1.29, 1.82) is 0 Å². The third-order valence-corrected chi connectivity index (χ3v) is 4.21. The Morgan fingerprint density at radius 2 is 2.06 bits per heavy atom. The molecule has 0 bridgehead atoms. The predicted octanol–water partition coefficient (Wildman–Crippen LogP) is 2.73. The summed E-state index contributed by atoms with van der Waals surface area (Å²) in [7, 11) is 1.69. The van der Waals surface area contributed by atoms with Crippen molar-refractivity contribution < 1.29 is 9.53 Å². The van der Waals surface area contributed by atoms with Gasteiger partial charge in [0, 0.05) is 24.4 Å². The molecule has 100 valence electrons. The first kappa shape index (κ1) is 15.0. The van der Waals surface area contributed by atoms with Crippen molar-refractivity contribution >= 4 is 21.8 Å². The van der Waals surface area contributed by atoms with Crippen LogP contribution in [0.5, 0.6) is 0 Å². The number of hydrogen-bond acceptors (Lipinski definition) is 2. The molecule has 0 aliphatic heterocycles. The fourth-order valence-electron chi connectivity index (χ4n) is 2.28. The second kappa shape index (κ2) is 8.09. The van der Waals surface area contributed by atoms with Crippen LogP contribution in [0.25, 0.3) is 0 Å². The van der Waals surface area contributed by atoms with Gasteiger partial charge in [0.1, 0.15) is 0 Å². The molecule has 1 saturated carbocycles. The fourth-order valence-corrected chi connectivity index (χ4v) is 2.78. The number of methoxy groups -OCH3 is 1. The molecule has 1 amide bonds. The van der Waals surface area contributed by atoms with Crippen molar-refractivity contribution in [3.05, 3.63) is 0 Å². The Labute approximate surface area is 113 Å².